The molecule has 1 aromatic carbocycles. The van der Waals surface area contributed by atoms with Crippen molar-refractivity contribution >= 4 is 17.6 Å². The van der Waals surface area contributed by atoms with Gasteiger partial charge in [0.1, 0.15) is 0 Å². The summed E-state index contributed by atoms with van der Waals surface area (Å²) in [5, 5.41) is 6.04. The monoisotopic (exact) mass is 460 g/mol. The number of nitrogens with one attached hydrogen (secondary N) is 2. The summed E-state index contributed by atoms with van der Waals surface area (Å²) in [6, 6.07) is 5.14. The van der Waals surface area contributed by atoms with Gasteiger partial charge >= 0.3 is 6.03 Å². The molecule has 8 heteroatoms. The molecule has 1 spiro atoms. The summed E-state index contributed by atoms with van der Waals surface area (Å²) in [5.41, 5.74) is 0.611. The highest BCUT2D eigenvalue weighted by molar-refractivity contribution is 5.89. The second-order valence-corrected chi connectivity index (χ2v) is 9.14. The van der Waals surface area contributed by atoms with Crippen LogP contribution in [-0.4, -0.2) is 74.2 Å². The molecule has 2 N–H and O–H groups in total. The van der Waals surface area contributed by atoms with Crippen LogP contribution in [-0.2, 0) is 4.79 Å². The Bertz CT molecular complexity index is 795. The first-order valence-electron chi connectivity index (χ1n) is 12.3. The number of ether oxygens (including phenoxy) is 2. The summed E-state index contributed by atoms with van der Waals surface area (Å²) in [6.07, 6.45) is 8.31. The molecule has 1 saturated heterocycles. The molecule has 1 aromatic rings. The van der Waals surface area contributed by atoms with Crippen molar-refractivity contribution in [2.75, 3.05) is 52.3 Å². The van der Waals surface area contributed by atoms with Crippen LogP contribution in [0.15, 0.2) is 18.2 Å². The van der Waals surface area contributed by atoms with Gasteiger partial charge in [0.05, 0.1) is 14.2 Å². The zero-order chi connectivity index (χ0) is 23.7. The van der Waals surface area contributed by atoms with Gasteiger partial charge in [0, 0.05) is 49.9 Å². The van der Waals surface area contributed by atoms with Gasteiger partial charge in [-0.05, 0) is 44.4 Å². The fourth-order valence-corrected chi connectivity index (χ4v) is 5.25. The van der Waals surface area contributed by atoms with E-state index in [4.69, 9.17) is 9.47 Å². The van der Waals surface area contributed by atoms with Crippen molar-refractivity contribution in [3.05, 3.63) is 18.2 Å². The fourth-order valence-electron chi connectivity index (χ4n) is 5.25. The number of anilines is 1. The van der Waals surface area contributed by atoms with Gasteiger partial charge in [-0.2, -0.15) is 0 Å². The van der Waals surface area contributed by atoms with Gasteiger partial charge in [-0.3, -0.25) is 9.69 Å². The third kappa shape index (κ3) is 6.53. The molecule has 0 aromatic heterocycles. The molecule has 0 bridgehead atoms. The summed E-state index contributed by atoms with van der Waals surface area (Å²) in [7, 11) is 3.15. The molecule has 2 aliphatic rings. The number of urea groups is 1. The van der Waals surface area contributed by atoms with E-state index in [-0.39, 0.29) is 17.5 Å². The van der Waals surface area contributed by atoms with Gasteiger partial charge in [-0.25, -0.2) is 4.79 Å². The number of carbonyl (C=O) groups excluding carboxylic acids is 2. The minimum atomic E-state index is -0.176. The molecule has 3 rings (SSSR count). The average Bonchev–Trinajstić information content (AvgIpc) is 2.84. The number of rotatable bonds is 5. The largest absolute Gasteiger partial charge is 0.493 e. The molecule has 0 atom stereocenters. The number of nitrogens with zero attached hydrogens (tertiary/aromatic N) is 2. The van der Waals surface area contributed by atoms with E-state index in [1.807, 2.05) is 0 Å². The fraction of sp³-hybridized carbons (Fsp3) is 0.680. The van der Waals surface area contributed by atoms with Crippen LogP contribution in [0.2, 0.25) is 0 Å². The van der Waals surface area contributed by atoms with E-state index < -0.39 is 0 Å². The molecule has 0 radical (unpaired) electrons. The molecule has 1 aliphatic heterocycles. The minimum absolute atomic E-state index is 0.0323. The smallest absolute Gasteiger partial charge is 0.321 e. The van der Waals surface area contributed by atoms with Crippen LogP contribution in [0, 0.1) is 0 Å². The summed E-state index contributed by atoms with van der Waals surface area (Å²) >= 11 is 0. The molecule has 33 heavy (non-hydrogen) atoms. The van der Waals surface area contributed by atoms with Crippen LogP contribution in [0.1, 0.15) is 58.3 Å². The van der Waals surface area contributed by atoms with E-state index in [1.165, 1.54) is 19.3 Å². The van der Waals surface area contributed by atoms with Crippen LogP contribution in [0.5, 0.6) is 11.5 Å². The first kappa shape index (κ1) is 25.1. The Kier molecular flexibility index (Phi) is 9.23. The van der Waals surface area contributed by atoms with Crippen molar-refractivity contribution in [3.63, 3.8) is 0 Å². The summed E-state index contributed by atoms with van der Waals surface area (Å²) in [6.45, 7) is 5.68. The maximum atomic E-state index is 13.1. The molecule has 8 nitrogen and oxygen atoms in total. The molecule has 2 fully saturated rings. The topological polar surface area (TPSA) is 83.1 Å². The van der Waals surface area contributed by atoms with Crippen molar-refractivity contribution in [2.24, 2.45) is 0 Å². The predicted octanol–water partition coefficient (Wildman–Crippen LogP) is 3.86. The summed E-state index contributed by atoms with van der Waals surface area (Å²) < 4.78 is 10.6. The first-order chi connectivity index (χ1) is 16.0. The van der Waals surface area contributed by atoms with E-state index in [0.29, 0.717) is 43.2 Å². The maximum absolute atomic E-state index is 13.1. The Morgan fingerprint density at radius 1 is 1.06 bits per heavy atom. The molecule has 3 amide bonds. The normalized spacial score (nSPS) is 20.0. The van der Waals surface area contributed by atoms with Gasteiger partial charge in [0.25, 0.3) is 0 Å². The number of amides is 3. The van der Waals surface area contributed by atoms with Crippen LogP contribution < -0.4 is 20.1 Å². The Balaban J connectivity index is 1.70. The standard InChI is InChI=1S/C25H40N4O4/c1-4-14-29-16-8-15-28(17-13-26-23(30)19-25(29)11-6-5-7-12-25)24(31)27-20-9-10-21(32-2)22(18-20)33-3/h9-10,18H,4-8,11-17,19H2,1-3H3,(H,26,30)(H,27,31). The number of methoxy groups -OCH3 is 2. The highest BCUT2D eigenvalue weighted by Gasteiger charge is 2.39. The molecule has 1 aliphatic carbocycles. The molecule has 1 saturated carbocycles. The number of benzene rings is 1. The van der Waals surface area contributed by atoms with Gasteiger partial charge < -0.3 is 25.0 Å². The van der Waals surface area contributed by atoms with Crippen molar-refractivity contribution < 1.29 is 19.1 Å². The molecular formula is C25H40N4O4. The van der Waals surface area contributed by atoms with Crippen LogP contribution in [0.3, 0.4) is 0 Å². The molecule has 184 valence electrons. The van der Waals surface area contributed by atoms with Gasteiger partial charge in [-0.15, -0.1) is 0 Å². The van der Waals surface area contributed by atoms with Crippen LogP contribution in [0.25, 0.3) is 0 Å². The highest BCUT2D eigenvalue weighted by Crippen LogP contribution is 2.37. The van der Waals surface area contributed by atoms with E-state index in [0.717, 1.165) is 38.8 Å². The predicted molar refractivity (Wildman–Crippen MR) is 130 cm³/mol. The second-order valence-electron chi connectivity index (χ2n) is 9.14. The molecular weight excluding hydrogens is 420 g/mol. The van der Waals surface area contributed by atoms with Crippen LogP contribution in [0.4, 0.5) is 10.5 Å². The molecule has 0 unspecified atom stereocenters. The summed E-state index contributed by atoms with van der Waals surface area (Å²) in [4.78, 5) is 30.3. The minimum Gasteiger partial charge on any atom is -0.493 e. The van der Waals surface area contributed by atoms with E-state index >= 15 is 0 Å². The average molecular weight is 461 g/mol. The van der Waals surface area contributed by atoms with E-state index in [9.17, 15) is 9.59 Å². The SMILES string of the molecule is CCCN1CCCN(C(=O)Nc2ccc(OC)c(OC)c2)CCNC(=O)CC12CCCCC2. The Hall–Kier alpha value is -2.48. The van der Waals surface area contributed by atoms with Gasteiger partial charge in [0.15, 0.2) is 11.5 Å². The van der Waals surface area contributed by atoms with Gasteiger partial charge in [0.2, 0.25) is 5.91 Å². The van der Waals surface area contributed by atoms with E-state index in [1.54, 1.807) is 37.3 Å². The maximum Gasteiger partial charge on any atom is 0.321 e. The van der Waals surface area contributed by atoms with E-state index in [2.05, 4.69) is 22.5 Å². The lowest BCUT2D eigenvalue weighted by Gasteiger charge is -2.46. The Morgan fingerprint density at radius 3 is 2.52 bits per heavy atom. The quantitative estimate of drug-likeness (QED) is 0.697. The lowest BCUT2D eigenvalue weighted by molar-refractivity contribution is -0.125. The van der Waals surface area contributed by atoms with Crippen molar-refractivity contribution in [1.29, 1.82) is 0 Å². The number of carbonyl (C=O) groups is 2. The third-order valence-electron chi connectivity index (χ3n) is 6.92. The van der Waals surface area contributed by atoms with Crippen molar-refractivity contribution in [3.8, 4) is 11.5 Å². The number of hydrogen-bond acceptors (Lipinski definition) is 5. The Labute approximate surface area is 198 Å². The van der Waals surface area contributed by atoms with Gasteiger partial charge in [-0.1, -0.05) is 26.2 Å². The molecule has 1 heterocycles. The summed E-state index contributed by atoms with van der Waals surface area (Å²) in [5.74, 6) is 1.27. The van der Waals surface area contributed by atoms with Crippen molar-refractivity contribution in [1.82, 2.24) is 15.1 Å². The highest BCUT2D eigenvalue weighted by atomic mass is 16.5. The number of hydrogen-bond donors (Lipinski definition) is 2. The zero-order valence-corrected chi connectivity index (χ0v) is 20.5. The lowest BCUT2D eigenvalue weighted by atomic mass is 9.77. The third-order valence-corrected chi connectivity index (χ3v) is 6.92. The lowest BCUT2D eigenvalue weighted by Crippen LogP contribution is -2.53. The zero-order valence-electron chi connectivity index (χ0n) is 20.5. The van der Waals surface area contributed by atoms with Crippen molar-refractivity contribution in [2.45, 2.75) is 63.8 Å². The second kappa shape index (κ2) is 12.1. The Morgan fingerprint density at radius 2 is 1.82 bits per heavy atom. The first-order valence-corrected chi connectivity index (χ1v) is 12.3. The van der Waals surface area contributed by atoms with Crippen LogP contribution >= 0.6 is 0 Å².